The molecule has 0 aliphatic carbocycles. The van der Waals surface area contributed by atoms with Crippen molar-refractivity contribution in [2.45, 2.75) is 24.8 Å². The number of methoxy groups -OCH3 is 1. The van der Waals surface area contributed by atoms with Gasteiger partial charge in [-0.15, -0.1) is 0 Å². The number of halogens is 1. The van der Waals surface area contributed by atoms with Crippen molar-refractivity contribution in [3.63, 3.8) is 0 Å². The van der Waals surface area contributed by atoms with Crippen molar-refractivity contribution >= 4 is 38.3 Å². The van der Waals surface area contributed by atoms with E-state index in [1.807, 2.05) is 13.8 Å². The average Bonchev–Trinajstić information content (AvgIpc) is 2.79. The molecule has 0 spiro atoms. The van der Waals surface area contributed by atoms with Crippen molar-refractivity contribution in [3.8, 4) is 16.9 Å². The number of hydrogen-bond acceptors (Lipinski definition) is 8. The predicted octanol–water partition coefficient (Wildman–Crippen LogP) is 3.42. The smallest absolute Gasteiger partial charge is 0.194 e. The van der Waals surface area contributed by atoms with Gasteiger partial charge in [0.1, 0.15) is 28.9 Å². The number of nitrogens with two attached hydrogens (primary N) is 1. The fourth-order valence-corrected chi connectivity index (χ4v) is 4.77. The molecule has 0 saturated carbocycles. The van der Waals surface area contributed by atoms with E-state index in [2.05, 4.69) is 15.0 Å². The molecule has 9 nitrogen and oxygen atoms in total. The van der Waals surface area contributed by atoms with Crippen molar-refractivity contribution in [1.82, 2.24) is 19.5 Å². The molecule has 11 heteroatoms. The van der Waals surface area contributed by atoms with Crippen LogP contribution in [-0.4, -0.2) is 41.3 Å². The maximum atomic E-state index is 12.4. The number of sulfone groups is 1. The van der Waals surface area contributed by atoms with Gasteiger partial charge in [0.05, 0.1) is 18.0 Å². The Labute approximate surface area is 201 Å². The van der Waals surface area contributed by atoms with Gasteiger partial charge in [0.15, 0.2) is 15.3 Å². The van der Waals surface area contributed by atoms with Crippen LogP contribution >= 0.6 is 11.6 Å². The first-order valence-electron chi connectivity index (χ1n) is 10.2. The Morgan fingerprint density at radius 2 is 1.94 bits per heavy atom. The summed E-state index contributed by atoms with van der Waals surface area (Å²) in [4.78, 5) is 24.8. The summed E-state index contributed by atoms with van der Waals surface area (Å²) in [5.74, 6) is 0.588. The molecule has 1 aromatic carbocycles. The summed E-state index contributed by atoms with van der Waals surface area (Å²) < 4.78 is 31.8. The number of nitrogen functional groups attached to an aromatic ring is 1. The molecule has 4 aromatic rings. The lowest BCUT2D eigenvalue weighted by molar-refractivity contribution is 0.405. The van der Waals surface area contributed by atoms with Crippen molar-refractivity contribution in [2.24, 2.45) is 0 Å². The van der Waals surface area contributed by atoms with Gasteiger partial charge in [-0.05, 0) is 31.5 Å². The van der Waals surface area contributed by atoms with Gasteiger partial charge in [-0.2, -0.15) is 0 Å². The highest BCUT2D eigenvalue weighted by Crippen LogP contribution is 2.43. The number of anilines is 1. The van der Waals surface area contributed by atoms with Crippen LogP contribution in [0.25, 0.3) is 22.2 Å². The monoisotopic (exact) mass is 499 g/mol. The number of ether oxygens (including phenoxy) is 1. The van der Waals surface area contributed by atoms with Crippen LogP contribution in [0.15, 0.2) is 52.8 Å². The van der Waals surface area contributed by atoms with Gasteiger partial charge in [-0.3, -0.25) is 9.78 Å². The van der Waals surface area contributed by atoms with Crippen LogP contribution in [0, 0.1) is 6.92 Å². The molecule has 0 saturated heterocycles. The summed E-state index contributed by atoms with van der Waals surface area (Å²) in [7, 11) is -1.95. The van der Waals surface area contributed by atoms with E-state index < -0.39 is 15.9 Å². The minimum Gasteiger partial charge on any atom is -0.496 e. The topological polar surface area (TPSA) is 130 Å². The standard InChI is InChI=1S/C23H22ClN5O4S/c1-12-17(24)8-16(13(2)29-6-5-18(30)20-22(25)27-11-28-23(20)29)21(33-3)19(12)14-7-15(10-26-9-14)34(4,31)32/h5-11,13H,1-4H3,(H2,25,27,28). The molecule has 0 amide bonds. The second-order valence-electron chi connectivity index (χ2n) is 7.88. The van der Waals surface area contributed by atoms with Crippen LogP contribution in [0.1, 0.15) is 24.1 Å². The van der Waals surface area contributed by atoms with E-state index in [4.69, 9.17) is 22.1 Å². The summed E-state index contributed by atoms with van der Waals surface area (Å²) in [5.41, 5.74) is 8.60. The molecule has 3 heterocycles. The molecule has 1 atom stereocenters. The molecule has 176 valence electrons. The van der Waals surface area contributed by atoms with E-state index in [1.165, 1.54) is 25.7 Å². The minimum absolute atomic E-state index is 0.0830. The maximum absolute atomic E-state index is 12.4. The van der Waals surface area contributed by atoms with E-state index in [9.17, 15) is 13.2 Å². The summed E-state index contributed by atoms with van der Waals surface area (Å²) in [6, 6.07) is 4.34. The summed E-state index contributed by atoms with van der Waals surface area (Å²) in [5, 5.41) is 0.682. The third-order valence-electron chi connectivity index (χ3n) is 5.74. The molecule has 0 radical (unpaired) electrons. The fourth-order valence-electron chi connectivity index (χ4n) is 3.97. The van der Waals surface area contributed by atoms with Crippen LogP contribution < -0.4 is 15.9 Å². The van der Waals surface area contributed by atoms with Crippen molar-refractivity contribution in [2.75, 3.05) is 19.1 Å². The van der Waals surface area contributed by atoms with Gasteiger partial charge in [0.25, 0.3) is 0 Å². The fraction of sp³-hybridized carbons (Fsp3) is 0.217. The highest BCUT2D eigenvalue weighted by Gasteiger charge is 2.24. The van der Waals surface area contributed by atoms with Crippen LogP contribution in [-0.2, 0) is 9.84 Å². The van der Waals surface area contributed by atoms with Crippen molar-refractivity contribution in [1.29, 1.82) is 0 Å². The van der Waals surface area contributed by atoms with Gasteiger partial charge in [0.2, 0.25) is 0 Å². The Hall–Kier alpha value is -3.50. The third-order valence-corrected chi connectivity index (χ3v) is 7.21. The van der Waals surface area contributed by atoms with Crippen LogP contribution in [0.4, 0.5) is 5.82 Å². The zero-order chi connectivity index (χ0) is 24.8. The quantitative estimate of drug-likeness (QED) is 0.442. The molecule has 0 bridgehead atoms. The zero-order valence-electron chi connectivity index (χ0n) is 18.9. The number of rotatable bonds is 5. The molecular formula is C23H22ClN5O4S. The Balaban J connectivity index is 2.00. The van der Waals surface area contributed by atoms with Crippen molar-refractivity contribution < 1.29 is 13.2 Å². The van der Waals surface area contributed by atoms with E-state index in [0.717, 1.165) is 6.26 Å². The zero-order valence-corrected chi connectivity index (χ0v) is 20.5. The van der Waals surface area contributed by atoms with Crippen molar-refractivity contribution in [3.05, 3.63) is 69.5 Å². The average molecular weight is 500 g/mol. The highest BCUT2D eigenvalue weighted by atomic mass is 35.5. The molecule has 4 rings (SSSR count). The lowest BCUT2D eigenvalue weighted by Crippen LogP contribution is -2.16. The van der Waals surface area contributed by atoms with E-state index in [1.54, 1.807) is 29.1 Å². The second-order valence-corrected chi connectivity index (χ2v) is 10.3. The third kappa shape index (κ3) is 3.99. The Morgan fingerprint density at radius 1 is 1.21 bits per heavy atom. The Kier molecular flexibility index (Phi) is 6.05. The molecular weight excluding hydrogens is 478 g/mol. The van der Waals surface area contributed by atoms with Gasteiger partial charge < -0.3 is 15.0 Å². The number of aromatic nitrogens is 4. The van der Waals surface area contributed by atoms with E-state index >= 15 is 0 Å². The highest BCUT2D eigenvalue weighted by molar-refractivity contribution is 7.90. The molecule has 34 heavy (non-hydrogen) atoms. The SMILES string of the molecule is COc1c(C(C)n2ccc(=O)c3c(N)ncnc32)cc(Cl)c(C)c1-c1cncc(S(C)(=O)=O)c1. The Bertz CT molecular complexity index is 1600. The first-order chi connectivity index (χ1) is 16.0. The lowest BCUT2D eigenvalue weighted by Gasteiger charge is -2.24. The normalized spacial score (nSPS) is 12.6. The molecule has 0 fully saturated rings. The maximum Gasteiger partial charge on any atom is 0.194 e. The molecule has 0 aliphatic heterocycles. The first-order valence-corrected chi connectivity index (χ1v) is 12.4. The molecule has 0 aliphatic rings. The second kappa shape index (κ2) is 8.69. The molecule has 2 N–H and O–H groups in total. The van der Waals surface area contributed by atoms with E-state index in [0.29, 0.717) is 38.7 Å². The summed E-state index contributed by atoms with van der Waals surface area (Å²) >= 11 is 6.63. The minimum atomic E-state index is -3.47. The lowest BCUT2D eigenvalue weighted by atomic mass is 9.94. The number of nitrogens with zero attached hydrogens (tertiary/aromatic N) is 4. The number of benzene rings is 1. The number of fused-ring (bicyclic) bond motifs is 1. The largest absolute Gasteiger partial charge is 0.496 e. The Morgan fingerprint density at radius 3 is 2.62 bits per heavy atom. The predicted molar refractivity (Wildman–Crippen MR) is 131 cm³/mol. The molecule has 3 aromatic heterocycles. The van der Waals surface area contributed by atoms with Gasteiger partial charge in [0, 0.05) is 52.6 Å². The number of hydrogen-bond donors (Lipinski definition) is 1. The molecule has 1 unspecified atom stereocenters. The van der Waals surface area contributed by atoms with Crippen LogP contribution in [0.2, 0.25) is 5.02 Å². The van der Waals surface area contributed by atoms with Gasteiger partial charge in [-0.1, -0.05) is 11.6 Å². The van der Waals surface area contributed by atoms with Gasteiger partial charge in [-0.25, -0.2) is 18.4 Å². The van der Waals surface area contributed by atoms with Crippen LogP contribution in [0.3, 0.4) is 0 Å². The van der Waals surface area contributed by atoms with E-state index in [-0.39, 0.29) is 21.5 Å². The van der Waals surface area contributed by atoms with Gasteiger partial charge >= 0.3 is 0 Å². The number of pyridine rings is 2. The summed E-state index contributed by atoms with van der Waals surface area (Å²) in [6.07, 6.45) is 6.91. The summed E-state index contributed by atoms with van der Waals surface area (Å²) in [6.45, 7) is 3.73. The first kappa shape index (κ1) is 23.7. The van der Waals surface area contributed by atoms with Crippen LogP contribution in [0.5, 0.6) is 5.75 Å².